The lowest BCUT2D eigenvalue weighted by molar-refractivity contribution is -0.119. The second-order valence-corrected chi connectivity index (χ2v) is 6.68. The average Bonchev–Trinajstić information content (AvgIpc) is 2.37. The van der Waals surface area contributed by atoms with Gasteiger partial charge in [0.25, 0.3) is 0 Å². The zero-order chi connectivity index (χ0) is 13.6. The molecule has 0 aromatic heterocycles. The summed E-state index contributed by atoms with van der Waals surface area (Å²) in [5.41, 5.74) is 3.99. The van der Waals surface area contributed by atoms with Gasteiger partial charge in [-0.2, -0.15) is 0 Å². The van der Waals surface area contributed by atoms with E-state index < -0.39 is 0 Å². The number of carbonyl (C=O) groups is 1. The van der Waals surface area contributed by atoms with Crippen LogP contribution in [0.2, 0.25) is 0 Å². The number of rotatable bonds is 0. The maximum absolute atomic E-state index is 12.1. The van der Waals surface area contributed by atoms with Gasteiger partial charge < -0.3 is 10.2 Å². The fraction of sp³-hybridized carbons (Fsp3) is 0.562. The fourth-order valence-electron chi connectivity index (χ4n) is 3.10. The summed E-state index contributed by atoms with van der Waals surface area (Å²) >= 11 is 0. The Morgan fingerprint density at radius 1 is 1.32 bits per heavy atom. The van der Waals surface area contributed by atoms with Crippen LogP contribution in [0.15, 0.2) is 18.2 Å². The van der Waals surface area contributed by atoms with Crippen molar-refractivity contribution >= 4 is 11.6 Å². The molecule has 1 unspecified atom stereocenters. The highest BCUT2D eigenvalue weighted by Gasteiger charge is 2.33. The van der Waals surface area contributed by atoms with Gasteiger partial charge in [0.15, 0.2) is 0 Å². The van der Waals surface area contributed by atoms with Crippen LogP contribution in [0, 0.1) is 0 Å². The molecule has 102 valence electrons. The van der Waals surface area contributed by atoms with E-state index in [1.807, 2.05) is 4.90 Å². The first-order chi connectivity index (χ1) is 8.97. The lowest BCUT2D eigenvalue weighted by atomic mass is 9.83. The summed E-state index contributed by atoms with van der Waals surface area (Å²) in [6.45, 7) is 8.09. The van der Waals surface area contributed by atoms with Gasteiger partial charge >= 0.3 is 0 Å². The largest absolute Gasteiger partial charge is 0.307 e. The van der Waals surface area contributed by atoms with E-state index in [1.165, 1.54) is 11.1 Å². The van der Waals surface area contributed by atoms with Gasteiger partial charge in [-0.1, -0.05) is 32.9 Å². The number of benzene rings is 1. The molecule has 2 aliphatic heterocycles. The molecule has 3 rings (SSSR count). The van der Waals surface area contributed by atoms with Crippen molar-refractivity contribution in [1.29, 1.82) is 0 Å². The molecule has 19 heavy (non-hydrogen) atoms. The molecular formula is C16H22N2O. The van der Waals surface area contributed by atoms with Crippen molar-refractivity contribution in [1.82, 2.24) is 5.32 Å². The summed E-state index contributed by atoms with van der Waals surface area (Å²) in [6.07, 6.45) is 2.15. The quantitative estimate of drug-likeness (QED) is 0.774. The minimum Gasteiger partial charge on any atom is -0.307 e. The van der Waals surface area contributed by atoms with Gasteiger partial charge in [0.2, 0.25) is 5.91 Å². The van der Waals surface area contributed by atoms with Gasteiger partial charge in [-0.25, -0.2) is 0 Å². The molecule has 1 atom stereocenters. The molecule has 2 aliphatic rings. The SMILES string of the molecule is CC(C)(C)c1ccc2c(c1)CCC1CNCC(=O)N21. The molecule has 0 saturated carbocycles. The Kier molecular flexibility index (Phi) is 2.90. The second kappa shape index (κ2) is 4.34. The highest BCUT2D eigenvalue weighted by Crippen LogP contribution is 2.35. The Balaban J connectivity index is 2.02. The molecule has 1 N–H and O–H groups in total. The number of hydrogen-bond acceptors (Lipinski definition) is 2. The van der Waals surface area contributed by atoms with Gasteiger partial charge in [0.1, 0.15) is 0 Å². The number of amides is 1. The summed E-state index contributed by atoms with van der Waals surface area (Å²) in [7, 11) is 0. The molecular weight excluding hydrogens is 236 g/mol. The summed E-state index contributed by atoms with van der Waals surface area (Å²) in [6, 6.07) is 6.96. The average molecular weight is 258 g/mol. The maximum Gasteiger partial charge on any atom is 0.241 e. The number of piperazine rings is 1. The third kappa shape index (κ3) is 2.16. The number of anilines is 1. The smallest absolute Gasteiger partial charge is 0.241 e. The van der Waals surface area contributed by atoms with Gasteiger partial charge in [-0.15, -0.1) is 0 Å². The third-order valence-electron chi connectivity index (χ3n) is 4.24. The normalized spacial score (nSPS) is 23.0. The Morgan fingerprint density at radius 3 is 2.84 bits per heavy atom. The predicted molar refractivity (Wildman–Crippen MR) is 77.6 cm³/mol. The molecule has 3 nitrogen and oxygen atoms in total. The summed E-state index contributed by atoms with van der Waals surface area (Å²) in [5.74, 6) is 0.209. The Hall–Kier alpha value is -1.35. The summed E-state index contributed by atoms with van der Waals surface area (Å²) in [5, 5.41) is 3.21. The third-order valence-corrected chi connectivity index (χ3v) is 4.24. The Labute approximate surface area is 115 Å². The minimum atomic E-state index is 0.166. The molecule has 0 aliphatic carbocycles. The van der Waals surface area contributed by atoms with E-state index in [9.17, 15) is 4.79 Å². The van der Waals surface area contributed by atoms with E-state index in [0.717, 1.165) is 25.1 Å². The topological polar surface area (TPSA) is 32.3 Å². The zero-order valence-electron chi connectivity index (χ0n) is 12.0. The molecule has 1 aromatic carbocycles. The van der Waals surface area contributed by atoms with E-state index in [2.05, 4.69) is 44.3 Å². The first kappa shape index (κ1) is 12.7. The van der Waals surface area contributed by atoms with Crippen molar-refractivity contribution in [3.8, 4) is 0 Å². The molecule has 1 fully saturated rings. The van der Waals surface area contributed by atoms with E-state index in [1.54, 1.807) is 0 Å². The van der Waals surface area contributed by atoms with Gasteiger partial charge in [0, 0.05) is 18.3 Å². The van der Waals surface area contributed by atoms with Crippen LogP contribution >= 0.6 is 0 Å². The molecule has 3 heteroatoms. The van der Waals surface area contributed by atoms with Crippen molar-refractivity contribution < 1.29 is 4.79 Å². The van der Waals surface area contributed by atoms with Crippen molar-refractivity contribution in [2.24, 2.45) is 0 Å². The van der Waals surface area contributed by atoms with Crippen molar-refractivity contribution in [3.05, 3.63) is 29.3 Å². The fourth-order valence-corrected chi connectivity index (χ4v) is 3.10. The molecule has 0 bridgehead atoms. The summed E-state index contributed by atoms with van der Waals surface area (Å²) < 4.78 is 0. The van der Waals surface area contributed by atoms with Gasteiger partial charge in [-0.3, -0.25) is 4.79 Å². The second-order valence-electron chi connectivity index (χ2n) is 6.68. The Morgan fingerprint density at radius 2 is 2.11 bits per heavy atom. The molecule has 1 amide bonds. The Bertz CT molecular complexity index is 516. The van der Waals surface area contributed by atoms with Crippen molar-refractivity contribution in [2.45, 2.75) is 45.1 Å². The number of nitrogens with one attached hydrogen (secondary N) is 1. The van der Waals surface area contributed by atoms with E-state index in [-0.39, 0.29) is 11.3 Å². The van der Waals surface area contributed by atoms with Crippen molar-refractivity contribution in [2.75, 3.05) is 18.0 Å². The van der Waals surface area contributed by atoms with E-state index in [0.29, 0.717) is 12.6 Å². The van der Waals surface area contributed by atoms with Crippen LogP contribution in [0.25, 0.3) is 0 Å². The molecule has 1 saturated heterocycles. The number of aryl methyl sites for hydroxylation is 1. The molecule has 0 spiro atoms. The van der Waals surface area contributed by atoms with Crippen molar-refractivity contribution in [3.63, 3.8) is 0 Å². The molecule has 0 radical (unpaired) electrons. The van der Waals surface area contributed by atoms with E-state index >= 15 is 0 Å². The van der Waals surface area contributed by atoms with Crippen LogP contribution in [0.1, 0.15) is 38.3 Å². The molecule has 2 heterocycles. The number of fused-ring (bicyclic) bond motifs is 3. The lowest BCUT2D eigenvalue weighted by Crippen LogP contribution is -2.56. The highest BCUT2D eigenvalue weighted by molar-refractivity contribution is 5.97. The monoisotopic (exact) mass is 258 g/mol. The standard InChI is InChI=1S/C16H22N2O/c1-16(2,3)12-5-7-14-11(8-12)4-6-13-9-17-10-15(19)18(13)14/h5,7-8,13,17H,4,6,9-10H2,1-3H3. The van der Waals surface area contributed by atoms with Crippen LogP contribution in [0.5, 0.6) is 0 Å². The van der Waals surface area contributed by atoms with Crippen LogP contribution < -0.4 is 10.2 Å². The minimum absolute atomic E-state index is 0.166. The number of nitrogens with zero attached hydrogens (tertiary/aromatic N) is 1. The van der Waals surface area contributed by atoms with Crippen LogP contribution in [-0.4, -0.2) is 25.0 Å². The number of carbonyl (C=O) groups excluding carboxylic acids is 1. The maximum atomic E-state index is 12.1. The van der Waals surface area contributed by atoms with Crippen LogP contribution in [0.3, 0.4) is 0 Å². The zero-order valence-corrected chi connectivity index (χ0v) is 12.0. The predicted octanol–water partition coefficient (Wildman–Crippen LogP) is 2.24. The van der Waals surface area contributed by atoms with Crippen LogP contribution in [0.4, 0.5) is 5.69 Å². The molecule has 1 aromatic rings. The summed E-state index contributed by atoms with van der Waals surface area (Å²) in [4.78, 5) is 14.2. The van der Waals surface area contributed by atoms with Crippen LogP contribution in [-0.2, 0) is 16.6 Å². The van der Waals surface area contributed by atoms with Gasteiger partial charge in [-0.05, 0) is 35.4 Å². The number of hydrogen-bond donors (Lipinski definition) is 1. The van der Waals surface area contributed by atoms with E-state index in [4.69, 9.17) is 0 Å². The lowest BCUT2D eigenvalue weighted by Gasteiger charge is -2.41. The first-order valence-electron chi connectivity index (χ1n) is 7.13. The van der Waals surface area contributed by atoms with Gasteiger partial charge in [0.05, 0.1) is 6.54 Å². The highest BCUT2D eigenvalue weighted by atomic mass is 16.2. The first-order valence-corrected chi connectivity index (χ1v) is 7.13.